The van der Waals surface area contributed by atoms with Crippen LogP contribution in [0.2, 0.25) is 0 Å². The van der Waals surface area contributed by atoms with Gasteiger partial charge in [-0.05, 0) is 32.2 Å². The third-order valence-corrected chi connectivity index (χ3v) is 3.59. The molecule has 18 heavy (non-hydrogen) atoms. The van der Waals surface area contributed by atoms with Crippen LogP contribution in [0.5, 0.6) is 0 Å². The molecule has 0 aliphatic carbocycles. The molecule has 0 fully saturated rings. The van der Waals surface area contributed by atoms with Crippen LogP contribution in [-0.2, 0) is 4.79 Å². The van der Waals surface area contributed by atoms with E-state index in [0.29, 0.717) is 11.4 Å². The summed E-state index contributed by atoms with van der Waals surface area (Å²) < 4.78 is 0. The van der Waals surface area contributed by atoms with Crippen LogP contribution in [0.1, 0.15) is 29.8 Å². The van der Waals surface area contributed by atoms with Crippen LogP contribution < -0.4 is 0 Å². The van der Waals surface area contributed by atoms with Gasteiger partial charge in [-0.15, -0.1) is 0 Å². The number of carbonyl (C=O) groups is 1. The van der Waals surface area contributed by atoms with Crippen molar-refractivity contribution < 1.29 is 9.90 Å². The Labute approximate surface area is 109 Å². The molecule has 1 N–H and O–H groups in total. The fourth-order valence-electron chi connectivity index (χ4n) is 2.00. The summed E-state index contributed by atoms with van der Waals surface area (Å²) in [5, 5.41) is 13.0. The number of carboxylic acid groups (broad SMARTS) is 1. The van der Waals surface area contributed by atoms with Gasteiger partial charge in [0.1, 0.15) is 0 Å². The maximum atomic E-state index is 11.1. The van der Waals surface area contributed by atoms with Crippen LogP contribution in [-0.4, -0.2) is 21.0 Å². The van der Waals surface area contributed by atoms with Crippen molar-refractivity contribution in [2.24, 2.45) is 0 Å². The fraction of sp³-hybridized carbons (Fsp3) is 0.308. The van der Waals surface area contributed by atoms with E-state index in [2.05, 4.69) is 9.97 Å². The highest BCUT2D eigenvalue weighted by Crippen LogP contribution is 2.25. The number of aromatic nitrogens is 2. The van der Waals surface area contributed by atoms with Crippen LogP contribution in [0, 0.1) is 13.8 Å². The van der Waals surface area contributed by atoms with E-state index in [4.69, 9.17) is 5.11 Å². The van der Waals surface area contributed by atoms with Crippen molar-refractivity contribution >= 4 is 17.3 Å². The molecule has 0 saturated carbocycles. The largest absolute Gasteiger partial charge is 0.481 e. The molecule has 0 aliphatic heterocycles. The SMILES string of the molecule is Cc1nc(-c2ccsc2)nc(C)c1C(C)C(=O)O. The number of hydrogen-bond donors (Lipinski definition) is 1. The van der Waals surface area contributed by atoms with Crippen molar-refractivity contribution in [1.82, 2.24) is 9.97 Å². The van der Waals surface area contributed by atoms with Crippen LogP contribution >= 0.6 is 11.3 Å². The zero-order chi connectivity index (χ0) is 13.3. The number of nitrogens with zero attached hydrogens (tertiary/aromatic N) is 2. The Hall–Kier alpha value is -1.75. The summed E-state index contributed by atoms with van der Waals surface area (Å²) in [5.41, 5.74) is 3.15. The molecule has 2 aromatic rings. The van der Waals surface area contributed by atoms with Gasteiger partial charge in [-0.2, -0.15) is 11.3 Å². The van der Waals surface area contributed by atoms with Gasteiger partial charge in [0, 0.05) is 27.9 Å². The molecule has 2 aromatic heterocycles. The maximum absolute atomic E-state index is 11.1. The highest BCUT2D eigenvalue weighted by Gasteiger charge is 2.21. The standard InChI is InChI=1S/C13H14N2O2S/c1-7(13(16)17)11-8(2)14-12(15-9(11)3)10-4-5-18-6-10/h4-7H,1-3H3,(H,16,17). The Kier molecular flexibility index (Phi) is 3.43. The Bertz CT molecular complexity index is 556. The summed E-state index contributed by atoms with van der Waals surface area (Å²) in [7, 11) is 0. The van der Waals surface area contributed by atoms with E-state index in [9.17, 15) is 4.79 Å². The quantitative estimate of drug-likeness (QED) is 0.923. The third-order valence-electron chi connectivity index (χ3n) is 2.91. The Morgan fingerprint density at radius 2 is 1.94 bits per heavy atom. The molecule has 0 amide bonds. The van der Waals surface area contributed by atoms with E-state index >= 15 is 0 Å². The molecule has 0 bridgehead atoms. The van der Waals surface area contributed by atoms with Gasteiger partial charge in [-0.1, -0.05) is 0 Å². The maximum Gasteiger partial charge on any atom is 0.310 e. The number of aryl methyl sites for hydroxylation is 2. The lowest BCUT2D eigenvalue weighted by atomic mass is 9.98. The highest BCUT2D eigenvalue weighted by atomic mass is 32.1. The molecule has 94 valence electrons. The van der Waals surface area contributed by atoms with Crippen molar-refractivity contribution in [2.45, 2.75) is 26.7 Å². The number of aliphatic carboxylic acids is 1. The van der Waals surface area contributed by atoms with Gasteiger partial charge in [0.15, 0.2) is 5.82 Å². The topological polar surface area (TPSA) is 63.1 Å². The van der Waals surface area contributed by atoms with Gasteiger partial charge in [-0.3, -0.25) is 4.79 Å². The average Bonchev–Trinajstić information content (AvgIpc) is 2.80. The normalized spacial score (nSPS) is 12.4. The molecule has 0 aliphatic rings. The Morgan fingerprint density at radius 1 is 1.33 bits per heavy atom. The molecular formula is C13H14N2O2S. The number of hydrogen-bond acceptors (Lipinski definition) is 4. The molecule has 4 nitrogen and oxygen atoms in total. The first kappa shape index (κ1) is 12.7. The first-order valence-electron chi connectivity index (χ1n) is 5.61. The lowest BCUT2D eigenvalue weighted by molar-refractivity contribution is -0.138. The lowest BCUT2D eigenvalue weighted by Crippen LogP contribution is -2.13. The second-order valence-corrected chi connectivity index (χ2v) is 4.98. The van der Waals surface area contributed by atoms with E-state index in [1.54, 1.807) is 18.3 Å². The van der Waals surface area contributed by atoms with Crippen LogP contribution in [0.15, 0.2) is 16.8 Å². The van der Waals surface area contributed by atoms with Gasteiger partial charge in [0.2, 0.25) is 0 Å². The molecule has 2 rings (SSSR count). The van der Waals surface area contributed by atoms with Crippen molar-refractivity contribution in [3.05, 3.63) is 33.8 Å². The third kappa shape index (κ3) is 2.26. The number of rotatable bonds is 3. The summed E-state index contributed by atoms with van der Waals surface area (Å²) >= 11 is 1.59. The van der Waals surface area contributed by atoms with Crippen LogP contribution in [0.4, 0.5) is 0 Å². The minimum Gasteiger partial charge on any atom is -0.481 e. The minimum absolute atomic E-state index is 0.582. The Morgan fingerprint density at radius 3 is 2.39 bits per heavy atom. The molecule has 0 aromatic carbocycles. The highest BCUT2D eigenvalue weighted by molar-refractivity contribution is 7.08. The zero-order valence-corrected chi connectivity index (χ0v) is 11.3. The fourth-order valence-corrected chi connectivity index (χ4v) is 2.63. The molecule has 0 saturated heterocycles. The van der Waals surface area contributed by atoms with E-state index in [1.807, 2.05) is 30.7 Å². The molecule has 0 radical (unpaired) electrons. The molecule has 5 heteroatoms. The smallest absolute Gasteiger partial charge is 0.310 e. The van der Waals surface area contributed by atoms with Crippen molar-refractivity contribution in [3.63, 3.8) is 0 Å². The number of thiophene rings is 1. The average molecular weight is 262 g/mol. The predicted molar refractivity (Wildman–Crippen MR) is 70.9 cm³/mol. The van der Waals surface area contributed by atoms with E-state index in [-0.39, 0.29) is 0 Å². The summed E-state index contributed by atoms with van der Waals surface area (Å²) in [5.74, 6) is -0.776. The zero-order valence-electron chi connectivity index (χ0n) is 10.5. The summed E-state index contributed by atoms with van der Waals surface area (Å²) in [4.78, 5) is 19.9. The van der Waals surface area contributed by atoms with E-state index in [0.717, 1.165) is 17.0 Å². The molecule has 0 spiro atoms. The van der Waals surface area contributed by atoms with E-state index in [1.165, 1.54) is 0 Å². The monoisotopic (exact) mass is 262 g/mol. The second kappa shape index (κ2) is 4.86. The first-order valence-corrected chi connectivity index (χ1v) is 6.55. The summed E-state index contributed by atoms with van der Waals surface area (Å²) in [6, 6.07) is 1.96. The van der Waals surface area contributed by atoms with Crippen molar-refractivity contribution in [2.75, 3.05) is 0 Å². The molecule has 1 unspecified atom stereocenters. The lowest BCUT2D eigenvalue weighted by Gasteiger charge is -2.13. The van der Waals surface area contributed by atoms with Gasteiger partial charge in [-0.25, -0.2) is 9.97 Å². The van der Waals surface area contributed by atoms with Crippen LogP contribution in [0.25, 0.3) is 11.4 Å². The molecular weight excluding hydrogens is 248 g/mol. The van der Waals surface area contributed by atoms with Gasteiger partial charge in [0.25, 0.3) is 0 Å². The van der Waals surface area contributed by atoms with Gasteiger partial charge < -0.3 is 5.11 Å². The first-order chi connectivity index (χ1) is 8.50. The number of carboxylic acids is 1. The predicted octanol–water partition coefficient (Wildman–Crippen LogP) is 3.01. The van der Waals surface area contributed by atoms with Crippen LogP contribution in [0.3, 0.4) is 0 Å². The van der Waals surface area contributed by atoms with Crippen molar-refractivity contribution in [3.8, 4) is 11.4 Å². The molecule has 1 atom stereocenters. The summed E-state index contributed by atoms with van der Waals surface area (Å²) in [6.45, 7) is 5.32. The van der Waals surface area contributed by atoms with E-state index < -0.39 is 11.9 Å². The van der Waals surface area contributed by atoms with Crippen molar-refractivity contribution in [1.29, 1.82) is 0 Å². The second-order valence-electron chi connectivity index (χ2n) is 4.20. The summed E-state index contributed by atoms with van der Waals surface area (Å²) in [6.07, 6.45) is 0. The Balaban J connectivity index is 2.51. The molecule has 2 heterocycles. The van der Waals surface area contributed by atoms with Gasteiger partial charge in [0.05, 0.1) is 5.92 Å². The minimum atomic E-state index is -0.854. The van der Waals surface area contributed by atoms with Gasteiger partial charge >= 0.3 is 5.97 Å².